The first-order valence-corrected chi connectivity index (χ1v) is 7.54. The van der Waals surface area contributed by atoms with Crippen LogP contribution in [0.15, 0.2) is 6.33 Å². The highest BCUT2D eigenvalue weighted by Gasteiger charge is 2.23. The lowest BCUT2D eigenvalue weighted by molar-refractivity contribution is -0.388. The van der Waals surface area contributed by atoms with E-state index in [2.05, 4.69) is 42.9 Å². The van der Waals surface area contributed by atoms with E-state index in [0.29, 0.717) is 24.3 Å². The number of nitrogens with zero attached hydrogens (tertiary/aromatic N) is 4. The third kappa shape index (κ3) is 4.70. The molecule has 1 atom stereocenters. The van der Waals surface area contributed by atoms with Crippen LogP contribution in [0, 0.1) is 16.0 Å². The van der Waals surface area contributed by atoms with Crippen molar-refractivity contribution in [3.8, 4) is 0 Å². The Hall–Kier alpha value is -1.63. The van der Waals surface area contributed by atoms with Gasteiger partial charge < -0.3 is 15.4 Å². The summed E-state index contributed by atoms with van der Waals surface area (Å²) in [5, 5.41) is 14.2. The number of hydrogen-bond acceptors (Lipinski definition) is 5. The maximum Gasteiger partial charge on any atom is 0.406 e. The van der Waals surface area contributed by atoms with E-state index < -0.39 is 4.92 Å². The number of likely N-dealkylation sites (N-methyl/N-ethyl adjacent to an activating group) is 1. The molecule has 1 N–H and O–H groups in total. The molecule has 0 spiro atoms. The van der Waals surface area contributed by atoms with Crippen molar-refractivity contribution in [1.29, 1.82) is 0 Å². The Bertz CT molecular complexity index is 454. The molecule has 1 unspecified atom stereocenters. The van der Waals surface area contributed by atoms with E-state index in [4.69, 9.17) is 0 Å². The van der Waals surface area contributed by atoms with E-state index in [1.807, 2.05) is 0 Å². The van der Waals surface area contributed by atoms with Crippen molar-refractivity contribution in [2.75, 3.05) is 25.0 Å². The molecule has 1 rings (SSSR count). The van der Waals surface area contributed by atoms with Gasteiger partial charge in [0, 0.05) is 19.6 Å². The van der Waals surface area contributed by atoms with Gasteiger partial charge in [-0.2, -0.15) is 0 Å². The Morgan fingerprint density at radius 3 is 2.52 bits per heavy atom. The molecule has 0 aliphatic heterocycles. The second-order valence-electron chi connectivity index (χ2n) is 5.67. The smallest absolute Gasteiger partial charge is 0.363 e. The predicted octanol–water partition coefficient (Wildman–Crippen LogP) is 2.50. The van der Waals surface area contributed by atoms with Gasteiger partial charge in [0.1, 0.15) is 0 Å². The maximum atomic E-state index is 11.0. The Morgan fingerprint density at radius 1 is 1.43 bits per heavy atom. The third-order valence-corrected chi connectivity index (χ3v) is 3.67. The predicted molar refractivity (Wildman–Crippen MR) is 84.5 cm³/mol. The van der Waals surface area contributed by atoms with Crippen LogP contribution in [0.1, 0.15) is 34.1 Å². The summed E-state index contributed by atoms with van der Waals surface area (Å²) < 4.78 is 1.66. The molecule has 120 valence electrons. The van der Waals surface area contributed by atoms with Crippen LogP contribution in [0.2, 0.25) is 0 Å². The monoisotopic (exact) mass is 297 g/mol. The van der Waals surface area contributed by atoms with Gasteiger partial charge in [0.2, 0.25) is 12.1 Å². The summed E-state index contributed by atoms with van der Waals surface area (Å²) in [5.74, 6) is 0.945. The molecule has 7 heteroatoms. The summed E-state index contributed by atoms with van der Waals surface area (Å²) in [6.07, 6.45) is 2.52. The number of rotatable bonds is 9. The fourth-order valence-electron chi connectivity index (χ4n) is 2.62. The van der Waals surface area contributed by atoms with Crippen molar-refractivity contribution in [3.05, 3.63) is 16.4 Å². The van der Waals surface area contributed by atoms with Gasteiger partial charge in [0.15, 0.2) is 0 Å². The van der Waals surface area contributed by atoms with E-state index in [0.717, 1.165) is 19.5 Å². The first-order chi connectivity index (χ1) is 9.90. The van der Waals surface area contributed by atoms with Gasteiger partial charge in [-0.3, -0.25) is 9.47 Å². The van der Waals surface area contributed by atoms with Crippen molar-refractivity contribution >= 4 is 11.6 Å². The molecule has 0 radical (unpaired) electrons. The summed E-state index contributed by atoms with van der Waals surface area (Å²) in [5.41, 5.74) is 0. The van der Waals surface area contributed by atoms with Crippen LogP contribution < -0.4 is 5.32 Å². The summed E-state index contributed by atoms with van der Waals surface area (Å²) in [4.78, 5) is 16.7. The minimum Gasteiger partial charge on any atom is -0.363 e. The molecule has 0 fully saturated rings. The largest absolute Gasteiger partial charge is 0.406 e. The number of anilines is 1. The van der Waals surface area contributed by atoms with E-state index in [9.17, 15) is 10.1 Å². The summed E-state index contributed by atoms with van der Waals surface area (Å²) >= 11 is 0. The summed E-state index contributed by atoms with van der Waals surface area (Å²) in [7, 11) is 1.76. The number of aromatic nitrogens is 2. The second-order valence-corrected chi connectivity index (χ2v) is 5.67. The molecule has 0 aromatic carbocycles. The summed E-state index contributed by atoms with van der Waals surface area (Å²) in [6.45, 7) is 11.3. The molecular weight excluding hydrogens is 270 g/mol. The maximum absolute atomic E-state index is 11.0. The molecule has 0 bridgehead atoms. The minimum atomic E-state index is -0.447. The van der Waals surface area contributed by atoms with Gasteiger partial charge in [0.05, 0.1) is 0 Å². The molecular formula is C14H27N5O2. The Labute approximate surface area is 126 Å². The molecule has 0 aliphatic carbocycles. The van der Waals surface area contributed by atoms with Gasteiger partial charge in [-0.05, 0) is 35.3 Å². The van der Waals surface area contributed by atoms with E-state index in [1.54, 1.807) is 11.6 Å². The van der Waals surface area contributed by atoms with Gasteiger partial charge in [0.25, 0.3) is 0 Å². The fraction of sp³-hybridized carbons (Fsp3) is 0.786. The lowest BCUT2D eigenvalue weighted by atomic mass is 10.0. The molecule has 0 saturated heterocycles. The SMILES string of the molecule is CCN(CC)C(CNc1c([N+](=O)[O-])ncn1C)CC(C)C. The van der Waals surface area contributed by atoms with Crippen LogP contribution in [0.3, 0.4) is 0 Å². The molecule has 21 heavy (non-hydrogen) atoms. The zero-order chi connectivity index (χ0) is 16.0. The van der Waals surface area contributed by atoms with Crippen LogP contribution in [0.5, 0.6) is 0 Å². The average Bonchev–Trinajstić information content (AvgIpc) is 2.78. The first kappa shape index (κ1) is 17.4. The number of nitrogens with one attached hydrogen (secondary N) is 1. The lowest BCUT2D eigenvalue weighted by Crippen LogP contribution is -2.41. The Kier molecular flexibility index (Phi) is 6.61. The number of imidazole rings is 1. The molecule has 1 aromatic rings. The minimum absolute atomic E-state index is 0.111. The van der Waals surface area contributed by atoms with E-state index in [1.165, 1.54) is 6.33 Å². The number of nitro groups is 1. The van der Waals surface area contributed by atoms with Gasteiger partial charge in [-0.1, -0.05) is 27.7 Å². The molecule has 1 heterocycles. The highest BCUT2D eigenvalue weighted by molar-refractivity contribution is 5.52. The van der Waals surface area contributed by atoms with Gasteiger partial charge >= 0.3 is 5.82 Å². The number of hydrogen-bond donors (Lipinski definition) is 1. The van der Waals surface area contributed by atoms with Crippen molar-refractivity contribution in [2.24, 2.45) is 13.0 Å². The highest BCUT2D eigenvalue weighted by Crippen LogP contribution is 2.22. The lowest BCUT2D eigenvalue weighted by Gasteiger charge is -2.31. The van der Waals surface area contributed by atoms with Crippen molar-refractivity contribution in [3.63, 3.8) is 0 Å². The fourth-order valence-corrected chi connectivity index (χ4v) is 2.62. The molecule has 0 saturated carbocycles. The number of aryl methyl sites for hydroxylation is 1. The topological polar surface area (TPSA) is 76.2 Å². The molecule has 0 aliphatic rings. The van der Waals surface area contributed by atoms with Crippen molar-refractivity contribution in [2.45, 2.75) is 40.2 Å². The highest BCUT2D eigenvalue weighted by atomic mass is 16.6. The standard InChI is InChI=1S/C14H27N5O2/c1-6-18(7-2)12(8-11(3)4)9-15-13-14(19(20)21)16-10-17(13)5/h10-12,15H,6-9H2,1-5H3. The van der Waals surface area contributed by atoms with Crippen LogP contribution in [-0.4, -0.2) is 45.1 Å². The van der Waals surface area contributed by atoms with Gasteiger partial charge in [-0.15, -0.1) is 0 Å². The van der Waals surface area contributed by atoms with E-state index in [-0.39, 0.29) is 5.82 Å². The first-order valence-electron chi connectivity index (χ1n) is 7.54. The van der Waals surface area contributed by atoms with Crippen LogP contribution in [0.25, 0.3) is 0 Å². The Morgan fingerprint density at radius 2 is 2.05 bits per heavy atom. The third-order valence-electron chi connectivity index (χ3n) is 3.67. The second kappa shape index (κ2) is 7.97. The van der Waals surface area contributed by atoms with Crippen LogP contribution in [0.4, 0.5) is 11.6 Å². The zero-order valence-corrected chi connectivity index (χ0v) is 13.7. The summed E-state index contributed by atoms with van der Waals surface area (Å²) in [6, 6.07) is 0.356. The molecule has 1 aromatic heterocycles. The van der Waals surface area contributed by atoms with Crippen molar-refractivity contribution in [1.82, 2.24) is 14.5 Å². The quantitative estimate of drug-likeness (QED) is 0.560. The van der Waals surface area contributed by atoms with Crippen LogP contribution in [-0.2, 0) is 7.05 Å². The Balaban J connectivity index is 2.81. The zero-order valence-electron chi connectivity index (χ0n) is 13.7. The normalized spacial score (nSPS) is 12.9. The molecule has 7 nitrogen and oxygen atoms in total. The van der Waals surface area contributed by atoms with E-state index >= 15 is 0 Å². The van der Waals surface area contributed by atoms with Crippen molar-refractivity contribution < 1.29 is 4.92 Å². The van der Waals surface area contributed by atoms with Gasteiger partial charge in [-0.25, -0.2) is 0 Å². The molecule has 0 amide bonds. The van der Waals surface area contributed by atoms with Crippen LogP contribution >= 0.6 is 0 Å². The average molecular weight is 297 g/mol.